The minimum Gasteiger partial charge on any atom is -0.398 e. The van der Waals surface area contributed by atoms with E-state index in [4.69, 9.17) is 16.6 Å². The molecule has 30 heavy (non-hydrogen) atoms. The van der Waals surface area contributed by atoms with Crippen molar-refractivity contribution in [3.8, 4) is 5.82 Å². The second-order valence-corrected chi connectivity index (χ2v) is 6.44. The first-order chi connectivity index (χ1) is 14.4. The minimum atomic E-state index is -0.401. The third-order valence-corrected chi connectivity index (χ3v) is 4.34. The van der Waals surface area contributed by atoms with Gasteiger partial charge in [0.1, 0.15) is 5.82 Å². The number of carbonyl (C=O) groups excluding carboxylic acids is 1. The molecule has 0 aliphatic rings. The third-order valence-electron chi connectivity index (χ3n) is 4.34. The fraction of sp³-hybridized carbons (Fsp3) is 0.0952. The Labute approximate surface area is 173 Å². The van der Waals surface area contributed by atoms with Crippen molar-refractivity contribution in [2.45, 2.75) is 13.8 Å². The number of hydrogen-bond donors (Lipinski definition) is 5. The molecule has 2 heterocycles. The topological polar surface area (TPSA) is 146 Å². The second-order valence-electron chi connectivity index (χ2n) is 6.44. The number of hydrogen-bond acceptors (Lipinski definition) is 7. The Balaban J connectivity index is 1.83. The van der Waals surface area contributed by atoms with Crippen molar-refractivity contribution in [2.75, 3.05) is 16.4 Å². The van der Waals surface area contributed by atoms with Crippen LogP contribution in [0.25, 0.3) is 5.82 Å². The normalized spacial score (nSPS) is 11.1. The molecule has 0 saturated heterocycles. The first-order valence-corrected chi connectivity index (χ1v) is 9.14. The first-order valence-electron chi connectivity index (χ1n) is 9.14. The number of allylic oxidation sites excluding steroid dienone is 1. The average molecular weight is 402 g/mol. The van der Waals surface area contributed by atoms with Gasteiger partial charge in [-0.2, -0.15) is 0 Å². The Morgan fingerprint density at radius 3 is 2.73 bits per heavy atom. The molecule has 0 aliphatic carbocycles. The van der Waals surface area contributed by atoms with Crippen LogP contribution < -0.4 is 16.4 Å². The highest BCUT2D eigenvalue weighted by molar-refractivity contribution is 6.16. The summed E-state index contributed by atoms with van der Waals surface area (Å²) in [5, 5.41) is 25.1. The lowest BCUT2D eigenvalue weighted by molar-refractivity contribution is -0.112. The van der Waals surface area contributed by atoms with Crippen LogP contribution in [0.5, 0.6) is 0 Å². The zero-order valence-corrected chi connectivity index (χ0v) is 16.6. The average Bonchev–Trinajstić information content (AvgIpc) is 3.11. The molecule has 1 aromatic carbocycles. The molecule has 9 nitrogen and oxygen atoms in total. The molecular weight excluding hydrogens is 380 g/mol. The summed E-state index contributed by atoms with van der Waals surface area (Å²) in [4.78, 5) is 16.6. The summed E-state index contributed by atoms with van der Waals surface area (Å²) in [6.45, 7) is 3.60. The number of amides is 1. The van der Waals surface area contributed by atoms with Gasteiger partial charge in [-0.05, 0) is 44.2 Å². The van der Waals surface area contributed by atoms with Crippen molar-refractivity contribution < 1.29 is 4.79 Å². The Morgan fingerprint density at radius 1 is 1.23 bits per heavy atom. The molecule has 0 unspecified atom stereocenters. The summed E-state index contributed by atoms with van der Waals surface area (Å²) in [5.41, 5.74) is 8.88. The number of aromatic nitrogens is 3. The molecular formula is C21H22N8O. The minimum absolute atomic E-state index is 0.247. The zero-order valence-electron chi connectivity index (χ0n) is 16.6. The number of pyridine rings is 1. The molecule has 1 amide bonds. The number of rotatable bonds is 7. The van der Waals surface area contributed by atoms with Crippen molar-refractivity contribution >= 4 is 41.3 Å². The van der Waals surface area contributed by atoms with Gasteiger partial charge in [0.25, 0.3) is 5.91 Å². The number of carbonyl (C=O) groups is 1. The number of anilines is 4. The molecule has 3 aromatic rings. The summed E-state index contributed by atoms with van der Waals surface area (Å²) in [6, 6.07) is 10.5. The summed E-state index contributed by atoms with van der Waals surface area (Å²) in [7, 11) is 0. The van der Waals surface area contributed by atoms with Crippen LogP contribution in [0.3, 0.4) is 0 Å². The number of benzene rings is 1. The van der Waals surface area contributed by atoms with E-state index < -0.39 is 5.91 Å². The molecule has 3 rings (SSSR count). The van der Waals surface area contributed by atoms with Gasteiger partial charge < -0.3 is 27.2 Å². The molecule has 152 valence electrons. The SMILES string of the molecule is C/C=C(\C=N)C(=O)Nc1cccc(-n2cc(C)c(Nc3ccc(N)c(C=N)c3)n2)n1. The summed E-state index contributed by atoms with van der Waals surface area (Å²) in [5.74, 6) is 1.11. The van der Waals surface area contributed by atoms with Crippen molar-refractivity contribution in [3.63, 3.8) is 0 Å². The highest BCUT2D eigenvalue weighted by Gasteiger charge is 2.11. The standard InChI is InChI=1S/C21H22N8O/c1-3-14(10-22)21(30)27-18-5-4-6-19(26-18)29-12-13(2)20(28-29)25-16-7-8-17(24)15(9-16)11-23/h3-12,22-23H,24H2,1-2H3,(H,25,28)(H,26,27,30)/b14-3+,22-10?,23-11?. The van der Waals surface area contributed by atoms with Gasteiger partial charge in [-0.25, -0.2) is 9.67 Å². The van der Waals surface area contributed by atoms with E-state index in [0.717, 1.165) is 17.5 Å². The third kappa shape index (κ3) is 4.41. The molecule has 0 saturated carbocycles. The summed E-state index contributed by atoms with van der Waals surface area (Å²) in [6.07, 6.45) is 5.57. The Kier molecular flexibility index (Phi) is 6.02. The highest BCUT2D eigenvalue weighted by atomic mass is 16.1. The maximum Gasteiger partial charge on any atom is 0.258 e. The second kappa shape index (κ2) is 8.82. The van der Waals surface area contributed by atoms with Crippen LogP contribution >= 0.6 is 0 Å². The van der Waals surface area contributed by atoms with Gasteiger partial charge in [0.15, 0.2) is 11.6 Å². The fourth-order valence-corrected chi connectivity index (χ4v) is 2.70. The van der Waals surface area contributed by atoms with Crippen LogP contribution in [0, 0.1) is 17.7 Å². The molecule has 2 aromatic heterocycles. The van der Waals surface area contributed by atoms with E-state index in [1.165, 1.54) is 6.21 Å². The van der Waals surface area contributed by atoms with Gasteiger partial charge in [-0.15, -0.1) is 5.10 Å². The Bertz CT molecular complexity index is 1150. The summed E-state index contributed by atoms with van der Waals surface area (Å²) < 4.78 is 1.61. The lowest BCUT2D eigenvalue weighted by Gasteiger charge is -2.08. The molecule has 0 fully saturated rings. The van der Waals surface area contributed by atoms with Gasteiger partial charge in [-0.1, -0.05) is 12.1 Å². The van der Waals surface area contributed by atoms with Crippen LogP contribution in [-0.2, 0) is 4.79 Å². The maximum absolute atomic E-state index is 12.1. The predicted octanol–water partition coefficient (Wildman–Crippen LogP) is 3.43. The van der Waals surface area contributed by atoms with Crippen LogP contribution in [0.4, 0.5) is 23.0 Å². The predicted molar refractivity (Wildman–Crippen MR) is 119 cm³/mol. The van der Waals surface area contributed by atoms with Crippen LogP contribution in [0.2, 0.25) is 0 Å². The number of aryl methyl sites for hydroxylation is 1. The van der Waals surface area contributed by atoms with Crippen molar-refractivity contribution in [1.29, 1.82) is 10.8 Å². The fourth-order valence-electron chi connectivity index (χ4n) is 2.70. The molecule has 0 aliphatic heterocycles. The molecule has 9 heteroatoms. The molecule has 0 atom stereocenters. The van der Waals surface area contributed by atoms with Crippen molar-refractivity contribution in [2.24, 2.45) is 0 Å². The molecule has 6 N–H and O–H groups in total. The molecule has 0 radical (unpaired) electrons. The Hall–Kier alpha value is -4.27. The van der Waals surface area contributed by atoms with Gasteiger partial charge >= 0.3 is 0 Å². The summed E-state index contributed by atoms with van der Waals surface area (Å²) >= 11 is 0. The maximum atomic E-state index is 12.1. The van der Waals surface area contributed by atoms with Gasteiger partial charge in [0.05, 0.1) is 5.57 Å². The van der Waals surface area contributed by atoms with Crippen molar-refractivity contribution in [1.82, 2.24) is 14.8 Å². The number of nitrogens with one attached hydrogen (secondary N) is 4. The monoisotopic (exact) mass is 402 g/mol. The van der Waals surface area contributed by atoms with Gasteiger partial charge in [0, 0.05) is 41.1 Å². The zero-order chi connectivity index (χ0) is 21.7. The molecule has 0 bridgehead atoms. The van der Waals surface area contributed by atoms with Crippen LogP contribution in [-0.4, -0.2) is 33.1 Å². The lowest BCUT2D eigenvalue weighted by atomic mass is 10.1. The van der Waals surface area contributed by atoms with E-state index in [0.29, 0.717) is 28.7 Å². The van der Waals surface area contributed by atoms with Gasteiger partial charge in [0.2, 0.25) is 0 Å². The van der Waals surface area contributed by atoms with Crippen LogP contribution in [0.15, 0.2) is 54.2 Å². The van der Waals surface area contributed by atoms with Crippen molar-refractivity contribution in [3.05, 3.63) is 65.4 Å². The molecule has 0 spiro atoms. The van der Waals surface area contributed by atoms with Gasteiger partial charge in [-0.3, -0.25) is 4.79 Å². The lowest BCUT2D eigenvalue weighted by Crippen LogP contribution is -2.16. The smallest absolute Gasteiger partial charge is 0.258 e. The van der Waals surface area contributed by atoms with E-state index in [1.807, 2.05) is 19.2 Å². The number of nitrogens with two attached hydrogens (primary N) is 1. The number of nitrogens with zero attached hydrogens (tertiary/aromatic N) is 3. The first kappa shape index (κ1) is 20.5. The number of nitrogen functional groups attached to an aromatic ring is 1. The van der Waals surface area contributed by atoms with E-state index in [1.54, 1.807) is 48.0 Å². The van der Waals surface area contributed by atoms with E-state index >= 15 is 0 Å². The van der Waals surface area contributed by atoms with E-state index in [9.17, 15) is 4.79 Å². The van der Waals surface area contributed by atoms with E-state index in [2.05, 4.69) is 20.7 Å². The largest absolute Gasteiger partial charge is 0.398 e. The van der Waals surface area contributed by atoms with E-state index in [-0.39, 0.29) is 5.57 Å². The van der Waals surface area contributed by atoms with Crippen LogP contribution in [0.1, 0.15) is 18.1 Å². The highest BCUT2D eigenvalue weighted by Crippen LogP contribution is 2.23. The quantitative estimate of drug-likeness (QED) is 0.233. The Morgan fingerprint density at radius 2 is 2.03 bits per heavy atom.